The predicted octanol–water partition coefficient (Wildman–Crippen LogP) is 6.26. The lowest BCUT2D eigenvalue weighted by Crippen LogP contribution is -2.56. The van der Waals surface area contributed by atoms with Crippen molar-refractivity contribution in [2.24, 2.45) is 5.92 Å². The summed E-state index contributed by atoms with van der Waals surface area (Å²) in [4.78, 5) is 0. The first-order chi connectivity index (χ1) is 15.6. The van der Waals surface area contributed by atoms with Crippen molar-refractivity contribution >= 4 is 22.6 Å². The number of quaternary nitrogens is 1. The molecular formula is C27H30N4O. The third-order valence-electron chi connectivity index (χ3n) is 6.62. The van der Waals surface area contributed by atoms with Crippen LogP contribution in [0.15, 0.2) is 85.1 Å². The minimum atomic E-state index is -0.768. The van der Waals surface area contributed by atoms with Gasteiger partial charge in [0, 0.05) is 35.6 Å². The van der Waals surface area contributed by atoms with Crippen molar-refractivity contribution in [3.05, 3.63) is 101 Å². The van der Waals surface area contributed by atoms with Crippen molar-refractivity contribution in [2.45, 2.75) is 38.6 Å². The van der Waals surface area contributed by atoms with Crippen LogP contribution in [0.5, 0.6) is 0 Å². The summed E-state index contributed by atoms with van der Waals surface area (Å²) in [7, 11) is 0. The van der Waals surface area contributed by atoms with Crippen LogP contribution in [0.1, 0.15) is 43.2 Å². The Morgan fingerprint density at radius 1 is 0.875 bits per heavy atom. The molecule has 3 aromatic carbocycles. The van der Waals surface area contributed by atoms with E-state index >= 15 is 0 Å². The Labute approximate surface area is 189 Å². The predicted molar refractivity (Wildman–Crippen MR) is 132 cm³/mol. The molecule has 3 N–H and O–H groups in total. The second kappa shape index (κ2) is 8.79. The molecule has 1 fully saturated rings. The first-order valence-electron chi connectivity index (χ1n) is 11.5. The van der Waals surface area contributed by atoms with Gasteiger partial charge in [0.25, 0.3) is 0 Å². The number of nitrogen functional groups attached to an aromatic ring is 1. The third kappa shape index (κ3) is 4.02. The SMILES string of the molecule is Nc1ccc([N+]2([O-])NN(Cc3ccccc3)C=C(C3CCCCC3)c3ccccc32)cc1. The molecule has 1 saturated carbocycles. The highest BCUT2D eigenvalue weighted by molar-refractivity contribution is 5.80. The van der Waals surface area contributed by atoms with Crippen LogP contribution in [0.25, 0.3) is 5.57 Å². The van der Waals surface area contributed by atoms with Gasteiger partial charge in [0.2, 0.25) is 0 Å². The topological polar surface area (TPSA) is 64.3 Å². The lowest BCUT2D eigenvalue weighted by Gasteiger charge is -2.42. The average Bonchev–Trinajstić information content (AvgIpc) is 2.96. The lowest BCUT2D eigenvalue weighted by atomic mass is 9.81. The Morgan fingerprint density at radius 3 is 2.31 bits per heavy atom. The Kier molecular flexibility index (Phi) is 5.70. The van der Waals surface area contributed by atoms with Crippen LogP contribution in [0.3, 0.4) is 0 Å². The number of nitrogens with one attached hydrogen (secondary N) is 1. The smallest absolute Gasteiger partial charge is 0.166 e. The molecule has 5 nitrogen and oxygen atoms in total. The van der Waals surface area contributed by atoms with Crippen LogP contribution in [0, 0.1) is 11.1 Å². The van der Waals surface area contributed by atoms with E-state index in [0.29, 0.717) is 29.5 Å². The van der Waals surface area contributed by atoms with E-state index in [2.05, 4.69) is 29.9 Å². The maximum Gasteiger partial charge on any atom is 0.166 e. The molecule has 0 aromatic heterocycles. The van der Waals surface area contributed by atoms with Gasteiger partial charge in [-0.2, -0.15) is 4.76 Å². The van der Waals surface area contributed by atoms with Gasteiger partial charge in [-0.1, -0.05) is 67.3 Å². The number of allylic oxidation sites excluding steroid dienone is 1. The summed E-state index contributed by atoms with van der Waals surface area (Å²) in [5.41, 5.74) is 14.6. The first kappa shape index (κ1) is 20.8. The Bertz CT molecular complexity index is 1090. The fourth-order valence-corrected chi connectivity index (χ4v) is 4.97. The molecule has 5 heteroatoms. The molecule has 2 aliphatic rings. The number of anilines is 1. The van der Waals surface area contributed by atoms with Crippen LogP contribution in [0.4, 0.5) is 17.1 Å². The largest absolute Gasteiger partial charge is 0.600 e. The van der Waals surface area contributed by atoms with E-state index in [0.717, 1.165) is 11.1 Å². The molecule has 32 heavy (non-hydrogen) atoms. The molecule has 3 aromatic rings. The van der Waals surface area contributed by atoms with E-state index in [4.69, 9.17) is 5.73 Å². The minimum absolute atomic E-state index is 0.461. The number of hydrogen-bond donors (Lipinski definition) is 2. The minimum Gasteiger partial charge on any atom is -0.600 e. The van der Waals surface area contributed by atoms with Crippen LogP contribution >= 0.6 is 0 Å². The van der Waals surface area contributed by atoms with Crippen molar-refractivity contribution in [2.75, 3.05) is 5.73 Å². The molecule has 1 aliphatic heterocycles. The number of benzene rings is 3. The van der Waals surface area contributed by atoms with E-state index in [9.17, 15) is 5.21 Å². The summed E-state index contributed by atoms with van der Waals surface area (Å²) in [5.74, 6) is 0.461. The summed E-state index contributed by atoms with van der Waals surface area (Å²) in [6.07, 6.45) is 8.29. The molecule has 0 amide bonds. The van der Waals surface area contributed by atoms with Crippen LogP contribution in [-0.4, -0.2) is 5.01 Å². The number of para-hydroxylation sites is 1. The average molecular weight is 427 g/mol. The number of hydrogen-bond acceptors (Lipinski definition) is 4. The highest BCUT2D eigenvalue weighted by atomic mass is 16.6. The van der Waals surface area contributed by atoms with Gasteiger partial charge in [-0.3, -0.25) is 5.01 Å². The van der Waals surface area contributed by atoms with Crippen LogP contribution in [0.2, 0.25) is 0 Å². The summed E-state index contributed by atoms with van der Waals surface area (Å²) in [6, 6.07) is 25.5. The summed E-state index contributed by atoms with van der Waals surface area (Å²) in [6.45, 7) is 0.599. The second-order valence-corrected chi connectivity index (χ2v) is 8.85. The van der Waals surface area contributed by atoms with Crippen molar-refractivity contribution in [1.29, 1.82) is 0 Å². The van der Waals surface area contributed by atoms with Gasteiger partial charge in [-0.05, 0) is 48.1 Å². The normalized spacial score (nSPS) is 21.5. The zero-order chi connectivity index (χ0) is 22.0. The first-order valence-corrected chi connectivity index (χ1v) is 11.5. The van der Waals surface area contributed by atoms with Gasteiger partial charge < -0.3 is 10.9 Å². The van der Waals surface area contributed by atoms with E-state index in [1.165, 1.54) is 37.7 Å². The van der Waals surface area contributed by atoms with Crippen molar-refractivity contribution in [3.63, 3.8) is 0 Å². The maximum atomic E-state index is 14.6. The van der Waals surface area contributed by atoms with Crippen molar-refractivity contribution in [3.8, 4) is 0 Å². The molecule has 1 unspecified atom stereocenters. The number of nitrogens with zero attached hydrogens (tertiary/aromatic N) is 2. The van der Waals surface area contributed by atoms with E-state index < -0.39 is 4.76 Å². The Balaban J connectivity index is 1.64. The number of rotatable bonds is 4. The quantitative estimate of drug-likeness (QED) is 0.293. The summed E-state index contributed by atoms with van der Waals surface area (Å²) in [5, 5.41) is 16.6. The van der Waals surface area contributed by atoms with Crippen molar-refractivity contribution in [1.82, 2.24) is 15.3 Å². The molecule has 0 bridgehead atoms. The molecule has 1 aliphatic carbocycles. The summed E-state index contributed by atoms with van der Waals surface area (Å²) < 4.78 is -0.768. The molecule has 164 valence electrons. The van der Waals surface area contributed by atoms with Gasteiger partial charge in [-0.15, -0.1) is 0 Å². The molecule has 1 heterocycles. The van der Waals surface area contributed by atoms with Gasteiger partial charge >= 0.3 is 0 Å². The zero-order valence-electron chi connectivity index (χ0n) is 18.3. The summed E-state index contributed by atoms with van der Waals surface area (Å²) >= 11 is 0. The molecular weight excluding hydrogens is 396 g/mol. The van der Waals surface area contributed by atoms with Gasteiger partial charge in [0.15, 0.2) is 11.4 Å². The monoisotopic (exact) mass is 426 g/mol. The fraction of sp³-hybridized carbons (Fsp3) is 0.259. The highest BCUT2D eigenvalue weighted by Gasteiger charge is 2.35. The van der Waals surface area contributed by atoms with E-state index in [-0.39, 0.29) is 0 Å². The van der Waals surface area contributed by atoms with E-state index in [1.807, 2.05) is 53.5 Å². The third-order valence-corrected chi connectivity index (χ3v) is 6.62. The molecule has 5 rings (SSSR count). The fourth-order valence-electron chi connectivity index (χ4n) is 4.97. The molecule has 1 atom stereocenters. The second-order valence-electron chi connectivity index (χ2n) is 8.85. The number of fused-ring (bicyclic) bond motifs is 1. The molecule has 0 spiro atoms. The lowest BCUT2D eigenvalue weighted by molar-refractivity contribution is 0.145. The van der Waals surface area contributed by atoms with Gasteiger partial charge in [-0.25, -0.2) is 0 Å². The Hall–Kier alpha value is -3.12. The van der Waals surface area contributed by atoms with E-state index in [1.54, 1.807) is 12.1 Å². The Morgan fingerprint density at radius 2 is 1.56 bits per heavy atom. The van der Waals surface area contributed by atoms with Crippen LogP contribution < -0.4 is 16.0 Å². The molecule has 0 saturated heterocycles. The van der Waals surface area contributed by atoms with Gasteiger partial charge in [0.1, 0.15) is 0 Å². The number of nitrogens with two attached hydrogens (primary N) is 1. The molecule has 0 radical (unpaired) electrons. The number of hydrazine groups is 1. The van der Waals surface area contributed by atoms with Gasteiger partial charge in [0.05, 0.1) is 6.54 Å². The standard InChI is InChI=1S/C27H30N4O/c28-23-15-17-24(18-16-23)31(32)27-14-8-7-13-25(27)26(22-11-5-2-6-12-22)20-30(29-31)19-21-9-3-1-4-10-21/h1,3-4,7-10,13-18,20,22,29H,2,5-6,11-12,19,28H2. The zero-order valence-corrected chi connectivity index (χ0v) is 18.3. The van der Waals surface area contributed by atoms with Crippen LogP contribution in [-0.2, 0) is 6.54 Å². The van der Waals surface area contributed by atoms with Crippen molar-refractivity contribution < 1.29 is 0 Å². The highest BCUT2D eigenvalue weighted by Crippen LogP contribution is 2.44. The maximum absolute atomic E-state index is 14.6.